The third-order valence-electron chi connectivity index (χ3n) is 4.88. The molecule has 0 bridgehead atoms. The standard InChI is InChI=1S/C22H26ClN5OS/c1-15(26(2)3)20-24-25-22(28(20)18-13-11-17(23)12-14-18)30-19(21(29)27(4)5)16-9-7-6-8-10-16/h6-15,19H,1-5H3. The van der Waals surface area contributed by atoms with Crippen molar-refractivity contribution in [3.63, 3.8) is 0 Å². The van der Waals surface area contributed by atoms with Gasteiger partial charge in [-0.15, -0.1) is 10.2 Å². The quantitative estimate of drug-likeness (QED) is 0.504. The van der Waals surface area contributed by atoms with Gasteiger partial charge < -0.3 is 4.90 Å². The molecule has 0 saturated carbocycles. The topological polar surface area (TPSA) is 54.3 Å². The van der Waals surface area contributed by atoms with E-state index >= 15 is 0 Å². The average molecular weight is 444 g/mol. The number of rotatable bonds is 7. The number of nitrogens with zero attached hydrogens (tertiary/aromatic N) is 5. The molecule has 1 amide bonds. The van der Waals surface area contributed by atoms with E-state index in [2.05, 4.69) is 22.0 Å². The number of halogens is 1. The van der Waals surface area contributed by atoms with Gasteiger partial charge in [-0.3, -0.25) is 14.3 Å². The van der Waals surface area contributed by atoms with Crippen molar-refractivity contribution in [3.8, 4) is 5.69 Å². The van der Waals surface area contributed by atoms with Crippen LogP contribution >= 0.6 is 23.4 Å². The van der Waals surface area contributed by atoms with E-state index in [9.17, 15) is 4.79 Å². The fourth-order valence-corrected chi connectivity index (χ4v) is 4.25. The molecule has 8 heteroatoms. The molecular formula is C22H26ClN5OS. The highest BCUT2D eigenvalue weighted by atomic mass is 35.5. The third-order valence-corrected chi connectivity index (χ3v) is 6.32. The van der Waals surface area contributed by atoms with Gasteiger partial charge >= 0.3 is 0 Å². The van der Waals surface area contributed by atoms with Crippen LogP contribution in [0.1, 0.15) is 29.6 Å². The highest BCUT2D eigenvalue weighted by Crippen LogP contribution is 2.38. The molecule has 2 atom stereocenters. The van der Waals surface area contributed by atoms with Crippen molar-refractivity contribution < 1.29 is 4.79 Å². The fraction of sp³-hybridized carbons (Fsp3) is 0.318. The molecule has 0 spiro atoms. The van der Waals surface area contributed by atoms with E-state index in [-0.39, 0.29) is 11.9 Å². The van der Waals surface area contributed by atoms with Crippen LogP contribution in [0.3, 0.4) is 0 Å². The molecule has 0 fully saturated rings. The van der Waals surface area contributed by atoms with Gasteiger partial charge in [-0.05, 0) is 50.8 Å². The summed E-state index contributed by atoms with van der Waals surface area (Å²) >= 11 is 7.50. The zero-order chi connectivity index (χ0) is 21.8. The Bertz CT molecular complexity index is 989. The van der Waals surface area contributed by atoms with Gasteiger partial charge in [0.1, 0.15) is 5.25 Å². The molecule has 30 heavy (non-hydrogen) atoms. The maximum absolute atomic E-state index is 13.0. The Morgan fingerprint density at radius 2 is 1.63 bits per heavy atom. The number of likely N-dealkylation sites (N-methyl/N-ethyl adjacent to an activating group) is 1. The van der Waals surface area contributed by atoms with Crippen molar-refractivity contribution in [2.45, 2.75) is 23.4 Å². The number of amides is 1. The van der Waals surface area contributed by atoms with Crippen LogP contribution in [0.4, 0.5) is 0 Å². The molecule has 0 aliphatic heterocycles. The van der Waals surface area contributed by atoms with Gasteiger partial charge in [-0.25, -0.2) is 0 Å². The first-order chi connectivity index (χ1) is 14.3. The largest absolute Gasteiger partial charge is 0.348 e. The number of thioether (sulfide) groups is 1. The summed E-state index contributed by atoms with van der Waals surface area (Å²) in [5.74, 6) is 0.799. The van der Waals surface area contributed by atoms with E-state index in [1.54, 1.807) is 19.0 Å². The summed E-state index contributed by atoms with van der Waals surface area (Å²) in [5.41, 5.74) is 1.83. The van der Waals surface area contributed by atoms with Gasteiger partial charge in [0.25, 0.3) is 0 Å². The maximum atomic E-state index is 13.0. The molecule has 6 nitrogen and oxygen atoms in total. The third kappa shape index (κ3) is 4.86. The van der Waals surface area contributed by atoms with E-state index in [0.29, 0.717) is 10.2 Å². The monoisotopic (exact) mass is 443 g/mol. The number of carbonyl (C=O) groups excluding carboxylic acids is 1. The normalized spacial score (nSPS) is 13.3. The molecule has 0 radical (unpaired) electrons. The van der Waals surface area contributed by atoms with Gasteiger partial charge in [0.2, 0.25) is 5.91 Å². The predicted octanol–water partition coefficient (Wildman–Crippen LogP) is 4.46. The highest BCUT2D eigenvalue weighted by Gasteiger charge is 2.28. The molecule has 0 aliphatic rings. The summed E-state index contributed by atoms with van der Waals surface area (Å²) in [6.07, 6.45) is 0. The van der Waals surface area contributed by atoms with Crippen LogP contribution in [0.5, 0.6) is 0 Å². The minimum Gasteiger partial charge on any atom is -0.348 e. The zero-order valence-electron chi connectivity index (χ0n) is 17.8. The minimum atomic E-state index is -0.432. The van der Waals surface area contributed by atoms with Gasteiger partial charge in [-0.2, -0.15) is 0 Å². The first-order valence-corrected chi connectivity index (χ1v) is 10.9. The Morgan fingerprint density at radius 1 is 1.00 bits per heavy atom. The Balaban J connectivity index is 2.09. The number of benzene rings is 2. The molecule has 158 valence electrons. The van der Waals surface area contributed by atoms with Crippen LogP contribution in [0.2, 0.25) is 5.02 Å². The van der Waals surface area contributed by atoms with Crippen molar-refractivity contribution in [3.05, 3.63) is 71.0 Å². The second-order valence-electron chi connectivity index (χ2n) is 7.43. The Morgan fingerprint density at radius 3 is 2.20 bits per heavy atom. The van der Waals surface area contributed by atoms with Crippen molar-refractivity contribution in [2.24, 2.45) is 0 Å². The summed E-state index contributed by atoms with van der Waals surface area (Å²) in [5, 5.41) is 9.84. The summed E-state index contributed by atoms with van der Waals surface area (Å²) < 4.78 is 2.00. The van der Waals surface area contributed by atoms with Crippen LogP contribution in [-0.4, -0.2) is 58.7 Å². The van der Waals surface area contributed by atoms with Crippen molar-refractivity contribution in [1.82, 2.24) is 24.6 Å². The van der Waals surface area contributed by atoms with Crippen LogP contribution in [0.25, 0.3) is 5.69 Å². The molecule has 0 saturated heterocycles. The number of hydrogen-bond donors (Lipinski definition) is 0. The van der Waals surface area contributed by atoms with Crippen molar-refractivity contribution >= 4 is 29.3 Å². The van der Waals surface area contributed by atoms with E-state index in [1.807, 2.05) is 73.3 Å². The minimum absolute atomic E-state index is 0.000867. The lowest BCUT2D eigenvalue weighted by Gasteiger charge is -2.22. The Kier molecular flexibility index (Phi) is 7.18. The first-order valence-electron chi connectivity index (χ1n) is 9.60. The number of aromatic nitrogens is 3. The van der Waals surface area contributed by atoms with E-state index < -0.39 is 5.25 Å². The second-order valence-corrected chi connectivity index (χ2v) is 8.94. The summed E-state index contributed by atoms with van der Waals surface area (Å²) in [7, 11) is 7.53. The predicted molar refractivity (Wildman–Crippen MR) is 122 cm³/mol. The van der Waals surface area contributed by atoms with Gasteiger partial charge in [-0.1, -0.05) is 53.7 Å². The molecule has 1 heterocycles. The number of hydrogen-bond acceptors (Lipinski definition) is 5. The average Bonchev–Trinajstić information content (AvgIpc) is 3.15. The van der Waals surface area contributed by atoms with E-state index in [0.717, 1.165) is 17.1 Å². The van der Waals surface area contributed by atoms with Gasteiger partial charge in [0, 0.05) is 24.8 Å². The first kappa shape index (κ1) is 22.3. The van der Waals surface area contributed by atoms with Gasteiger partial charge in [0.15, 0.2) is 11.0 Å². The van der Waals surface area contributed by atoms with Crippen LogP contribution < -0.4 is 0 Å². The fourth-order valence-electron chi connectivity index (χ4n) is 2.92. The SMILES string of the molecule is CC(c1nnc(SC(C(=O)N(C)C)c2ccccc2)n1-c1ccc(Cl)cc1)N(C)C. The highest BCUT2D eigenvalue weighted by molar-refractivity contribution is 8.00. The smallest absolute Gasteiger partial charge is 0.240 e. The molecule has 0 aliphatic carbocycles. The Labute approximate surface area is 186 Å². The Hall–Kier alpha value is -2.35. The molecule has 2 unspecified atom stereocenters. The van der Waals surface area contributed by atoms with Crippen molar-refractivity contribution in [1.29, 1.82) is 0 Å². The molecule has 3 aromatic rings. The lowest BCUT2D eigenvalue weighted by molar-refractivity contribution is -0.128. The number of carbonyl (C=O) groups is 1. The van der Waals surface area contributed by atoms with Crippen LogP contribution in [-0.2, 0) is 4.79 Å². The summed E-state index contributed by atoms with van der Waals surface area (Å²) in [6.45, 7) is 2.07. The summed E-state index contributed by atoms with van der Waals surface area (Å²) in [6, 6.07) is 17.3. The molecule has 2 aromatic carbocycles. The van der Waals surface area contributed by atoms with E-state index in [1.165, 1.54) is 11.8 Å². The second kappa shape index (κ2) is 9.64. The molecule has 3 rings (SSSR count). The molecular weight excluding hydrogens is 418 g/mol. The van der Waals surface area contributed by atoms with E-state index in [4.69, 9.17) is 11.6 Å². The summed E-state index contributed by atoms with van der Waals surface area (Å²) in [4.78, 5) is 16.7. The van der Waals surface area contributed by atoms with Crippen LogP contribution in [0.15, 0.2) is 59.8 Å². The van der Waals surface area contributed by atoms with Crippen molar-refractivity contribution in [2.75, 3.05) is 28.2 Å². The lowest BCUT2D eigenvalue weighted by Crippen LogP contribution is -2.27. The maximum Gasteiger partial charge on any atom is 0.240 e. The zero-order valence-corrected chi connectivity index (χ0v) is 19.4. The van der Waals surface area contributed by atoms with Gasteiger partial charge in [0.05, 0.1) is 6.04 Å². The van der Waals surface area contributed by atoms with Crippen LogP contribution in [0, 0.1) is 0 Å². The molecule has 1 aromatic heterocycles. The molecule has 0 N–H and O–H groups in total. The lowest BCUT2D eigenvalue weighted by atomic mass is 10.1.